The van der Waals surface area contributed by atoms with Crippen LogP contribution in [0.5, 0.6) is 0 Å². The van der Waals surface area contributed by atoms with Crippen molar-refractivity contribution in [3.63, 3.8) is 0 Å². The number of benzene rings is 2. The summed E-state index contributed by atoms with van der Waals surface area (Å²) in [6.45, 7) is 1.81. The molecule has 0 bridgehead atoms. The van der Waals surface area contributed by atoms with Crippen molar-refractivity contribution in [1.82, 2.24) is 5.01 Å². The fourth-order valence-electron chi connectivity index (χ4n) is 5.06. The molecule has 9 heteroatoms. The Morgan fingerprint density at radius 2 is 1.70 bits per heavy atom. The van der Waals surface area contributed by atoms with E-state index in [9.17, 15) is 19.2 Å². The Morgan fingerprint density at radius 3 is 2.45 bits per heavy atom. The number of amides is 2. The van der Waals surface area contributed by atoms with Gasteiger partial charge in [0.15, 0.2) is 6.04 Å². The maximum absolute atomic E-state index is 13.8. The van der Waals surface area contributed by atoms with Gasteiger partial charge in [0.1, 0.15) is 0 Å². The standard InChI is InChI=1S/C24H21N3O6/c1-3-33-24(31)20-18-17(19-14-9-5-4-8-13(14)12-25-27(19)20)21(28)26(22(18)29)16-11-7-6-10-15(16)23(30)32-2/h4-12,17-20H,3H2,1-2H3. The zero-order valence-corrected chi connectivity index (χ0v) is 18.0. The lowest BCUT2D eigenvalue weighted by Crippen LogP contribution is -2.45. The molecule has 4 unspecified atom stereocenters. The number of methoxy groups -OCH3 is 1. The molecule has 0 N–H and O–H groups in total. The van der Waals surface area contributed by atoms with Crippen LogP contribution >= 0.6 is 0 Å². The quantitative estimate of drug-likeness (QED) is 0.521. The molecule has 3 heterocycles. The number of rotatable bonds is 4. The van der Waals surface area contributed by atoms with E-state index < -0.39 is 47.7 Å². The lowest BCUT2D eigenvalue weighted by atomic mass is 9.85. The smallest absolute Gasteiger partial charge is 0.339 e. The molecule has 2 aromatic carbocycles. The summed E-state index contributed by atoms with van der Waals surface area (Å²) in [5, 5.41) is 5.96. The number of esters is 2. The molecule has 4 atom stereocenters. The highest BCUT2D eigenvalue weighted by Crippen LogP contribution is 2.53. The molecule has 5 rings (SSSR count). The van der Waals surface area contributed by atoms with Crippen LogP contribution in [0.15, 0.2) is 53.6 Å². The fourth-order valence-corrected chi connectivity index (χ4v) is 5.06. The van der Waals surface area contributed by atoms with E-state index in [1.165, 1.54) is 24.3 Å². The first-order valence-electron chi connectivity index (χ1n) is 10.6. The first-order chi connectivity index (χ1) is 16.0. The zero-order valence-electron chi connectivity index (χ0n) is 18.0. The Labute approximate surface area is 189 Å². The van der Waals surface area contributed by atoms with Crippen LogP contribution < -0.4 is 4.90 Å². The highest BCUT2D eigenvalue weighted by Gasteiger charge is 2.66. The second kappa shape index (κ2) is 7.84. The topological polar surface area (TPSA) is 106 Å². The molecule has 0 saturated carbocycles. The molecule has 0 aliphatic carbocycles. The van der Waals surface area contributed by atoms with E-state index in [0.717, 1.165) is 16.0 Å². The SMILES string of the molecule is CCOC(=O)C1C2C(=O)N(c3ccccc3C(=O)OC)C(=O)C2C2c3ccccc3C=NN12. The predicted octanol–water partition coefficient (Wildman–Crippen LogP) is 1.91. The van der Waals surface area contributed by atoms with Crippen LogP contribution in [0.2, 0.25) is 0 Å². The van der Waals surface area contributed by atoms with E-state index in [1.807, 2.05) is 24.3 Å². The number of nitrogens with zero attached hydrogens (tertiary/aromatic N) is 3. The Kier molecular flexibility index (Phi) is 4.96. The largest absolute Gasteiger partial charge is 0.465 e. The predicted molar refractivity (Wildman–Crippen MR) is 116 cm³/mol. The third-order valence-electron chi connectivity index (χ3n) is 6.37. The molecule has 3 aliphatic heterocycles. The minimum Gasteiger partial charge on any atom is -0.465 e. The van der Waals surface area contributed by atoms with Gasteiger partial charge in [0.25, 0.3) is 0 Å². The monoisotopic (exact) mass is 447 g/mol. The van der Waals surface area contributed by atoms with Gasteiger partial charge in [0.05, 0.1) is 49.1 Å². The van der Waals surface area contributed by atoms with Crippen molar-refractivity contribution in [2.75, 3.05) is 18.6 Å². The lowest BCUT2D eigenvalue weighted by molar-refractivity contribution is -0.152. The Morgan fingerprint density at radius 1 is 1.00 bits per heavy atom. The van der Waals surface area contributed by atoms with Crippen molar-refractivity contribution >= 4 is 35.7 Å². The number of para-hydroxylation sites is 1. The van der Waals surface area contributed by atoms with Crippen LogP contribution in [0.1, 0.15) is 34.5 Å². The molecular formula is C24H21N3O6. The number of ether oxygens (including phenoxy) is 2. The third kappa shape index (κ3) is 2.95. The Hall–Kier alpha value is -4.01. The average molecular weight is 447 g/mol. The van der Waals surface area contributed by atoms with Crippen LogP contribution in [-0.2, 0) is 23.9 Å². The number of carbonyl (C=O) groups excluding carboxylic acids is 4. The van der Waals surface area contributed by atoms with Gasteiger partial charge < -0.3 is 9.47 Å². The van der Waals surface area contributed by atoms with Crippen molar-refractivity contribution in [1.29, 1.82) is 0 Å². The fraction of sp³-hybridized carbons (Fsp3) is 0.292. The summed E-state index contributed by atoms with van der Waals surface area (Å²) < 4.78 is 10.1. The number of hydrazone groups is 1. The van der Waals surface area contributed by atoms with Crippen molar-refractivity contribution in [3.8, 4) is 0 Å². The minimum absolute atomic E-state index is 0.0910. The number of anilines is 1. The van der Waals surface area contributed by atoms with Gasteiger partial charge in [-0.25, -0.2) is 14.5 Å². The van der Waals surface area contributed by atoms with Crippen molar-refractivity contribution in [3.05, 3.63) is 65.2 Å². The van der Waals surface area contributed by atoms with E-state index in [2.05, 4.69) is 5.10 Å². The normalized spacial score (nSPS) is 24.9. The van der Waals surface area contributed by atoms with Gasteiger partial charge in [0, 0.05) is 0 Å². The summed E-state index contributed by atoms with van der Waals surface area (Å²) in [6, 6.07) is 12.0. The molecule has 0 aromatic heterocycles. The Balaban J connectivity index is 1.65. The highest BCUT2D eigenvalue weighted by molar-refractivity contribution is 6.25. The molecule has 2 amide bonds. The van der Waals surface area contributed by atoms with Gasteiger partial charge >= 0.3 is 11.9 Å². The molecule has 2 fully saturated rings. The zero-order chi connectivity index (χ0) is 23.3. The molecule has 3 aliphatic rings. The van der Waals surface area contributed by atoms with Crippen molar-refractivity contribution in [2.45, 2.75) is 19.0 Å². The molecule has 168 valence electrons. The molecular weight excluding hydrogens is 426 g/mol. The maximum Gasteiger partial charge on any atom is 0.339 e. The summed E-state index contributed by atoms with van der Waals surface area (Å²) in [5.74, 6) is -4.21. The van der Waals surface area contributed by atoms with Gasteiger partial charge in [0.2, 0.25) is 11.8 Å². The Bertz CT molecular complexity index is 1210. The highest BCUT2D eigenvalue weighted by atomic mass is 16.5. The summed E-state index contributed by atoms with van der Waals surface area (Å²) in [7, 11) is 1.23. The van der Waals surface area contributed by atoms with Gasteiger partial charge in [-0.05, 0) is 30.2 Å². The van der Waals surface area contributed by atoms with E-state index in [1.54, 1.807) is 25.3 Å². The van der Waals surface area contributed by atoms with Crippen LogP contribution in [-0.4, -0.2) is 54.7 Å². The summed E-state index contributed by atoms with van der Waals surface area (Å²) >= 11 is 0. The van der Waals surface area contributed by atoms with Crippen molar-refractivity contribution < 1.29 is 28.7 Å². The maximum atomic E-state index is 13.8. The third-order valence-corrected chi connectivity index (χ3v) is 6.37. The second-order valence-electron chi connectivity index (χ2n) is 7.97. The van der Waals surface area contributed by atoms with E-state index in [0.29, 0.717) is 0 Å². The van der Waals surface area contributed by atoms with Crippen LogP contribution in [0.3, 0.4) is 0 Å². The molecule has 0 radical (unpaired) electrons. The van der Waals surface area contributed by atoms with Crippen molar-refractivity contribution in [2.24, 2.45) is 16.9 Å². The molecule has 0 spiro atoms. The average Bonchev–Trinajstić information content (AvgIpc) is 3.31. The van der Waals surface area contributed by atoms with Gasteiger partial charge in [-0.15, -0.1) is 0 Å². The van der Waals surface area contributed by atoms with E-state index in [4.69, 9.17) is 9.47 Å². The first kappa shape index (κ1) is 20.9. The lowest BCUT2D eigenvalue weighted by Gasteiger charge is -2.33. The number of fused-ring (bicyclic) bond motifs is 5. The number of hydrogen-bond acceptors (Lipinski definition) is 8. The van der Waals surface area contributed by atoms with Crippen LogP contribution in [0, 0.1) is 11.8 Å². The van der Waals surface area contributed by atoms with Gasteiger partial charge in [-0.1, -0.05) is 36.4 Å². The van der Waals surface area contributed by atoms with Gasteiger partial charge in [-0.3, -0.25) is 14.6 Å². The summed E-state index contributed by atoms with van der Waals surface area (Å²) in [5.41, 5.74) is 1.85. The number of carbonyl (C=O) groups is 4. The molecule has 33 heavy (non-hydrogen) atoms. The summed E-state index contributed by atoms with van der Waals surface area (Å²) in [4.78, 5) is 53.8. The van der Waals surface area contributed by atoms with Gasteiger partial charge in [-0.2, -0.15) is 5.10 Å². The number of imide groups is 1. The van der Waals surface area contributed by atoms with E-state index >= 15 is 0 Å². The molecule has 9 nitrogen and oxygen atoms in total. The summed E-state index contributed by atoms with van der Waals surface area (Å²) in [6.07, 6.45) is 1.62. The van der Waals surface area contributed by atoms with Crippen LogP contribution in [0.4, 0.5) is 5.69 Å². The minimum atomic E-state index is -1.06. The first-order valence-corrected chi connectivity index (χ1v) is 10.6. The second-order valence-corrected chi connectivity index (χ2v) is 7.97. The van der Waals surface area contributed by atoms with E-state index in [-0.39, 0.29) is 17.9 Å². The van der Waals surface area contributed by atoms with Crippen LogP contribution in [0.25, 0.3) is 0 Å². The molecule has 2 saturated heterocycles. The number of hydrogen-bond donors (Lipinski definition) is 0. The molecule has 2 aromatic rings.